The highest BCUT2D eigenvalue weighted by atomic mass is 32.1. The third-order valence-corrected chi connectivity index (χ3v) is 10.7. The van der Waals surface area contributed by atoms with Gasteiger partial charge in [0.1, 0.15) is 11.2 Å². The highest BCUT2D eigenvalue weighted by molar-refractivity contribution is 7.25. The minimum atomic E-state index is 0.544. The van der Waals surface area contributed by atoms with Crippen molar-refractivity contribution in [2.24, 2.45) is 0 Å². The molecule has 3 heterocycles. The molecular formula is C46H26N4OS. The molecule has 0 saturated carbocycles. The van der Waals surface area contributed by atoms with E-state index in [1.165, 1.54) is 14.8 Å². The van der Waals surface area contributed by atoms with Crippen LogP contribution in [0.5, 0.6) is 0 Å². The molecule has 0 N–H and O–H groups in total. The van der Waals surface area contributed by atoms with Crippen LogP contribution >= 0.6 is 11.3 Å². The van der Waals surface area contributed by atoms with Crippen LogP contribution in [0, 0.1) is 11.3 Å². The molecule has 0 aliphatic heterocycles. The second-order valence-electron chi connectivity index (χ2n) is 12.7. The van der Waals surface area contributed by atoms with Gasteiger partial charge in [0.25, 0.3) is 0 Å². The van der Waals surface area contributed by atoms with Crippen LogP contribution in [-0.4, -0.2) is 15.0 Å². The fourth-order valence-corrected chi connectivity index (χ4v) is 8.35. The lowest BCUT2D eigenvalue weighted by molar-refractivity contribution is 0.669. The molecular weight excluding hydrogens is 657 g/mol. The fraction of sp³-hybridized carbons (Fsp3) is 0. The summed E-state index contributed by atoms with van der Waals surface area (Å²) in [5.41, 5.74) is 8.92. The predicted molar refractivity (Wildman–Crippen MR) is 212 cm³/mol. The van der Waals surface area contributed by atoms with Crippen molar-refractivity contribution < 1.29 is 4.42 Å². The van der Waals surface area contributed by atoms with Gasteiger partial charge in [0.2, 0.25) is 0 Å². The molecule has 0 radical (unpaired) electrons. The lowest BCUT2D eigenvalue weighted by Gasteiger charge is -2.13. The van der Waals surface area contributed by atoms with E-state index in [-0.39, 0.29) is 0 Å². The van der Waals surface area contributed by atoms with Crippen molar-refractivity contribution in [3.05, 3.63) is 163 Å². The number of rotatable bonds is 5. The van der Waals surface area contributed by atoms with E-state index in [0.29, 0.717) is 23.0 Å². The Hall–Kier alpha value is -6.94. The number of aromatic nitrogens is 3. The average Bonchev–Trinajstić information content (AvgIpc) is 3.79. The number of hydrogen-bond donors (Lipinski definition) is 0. The van der Waals surface area contributed by atoms with Gasteiger partial charge >= 0.3 is 0 Å². The van der Waals surface area contributed by atoms with Crippen molar-refractivity contribution in [2.45, 2.75) is 0 Å². The summed E-state index contributed by atoms with van der Waals surface area (Å²) in [6.07, 6.45) is 0. The van der Waals surface area contributed by atoms with Gasteiger partial charge in [-0.1, -0.05) is 115 Å². The number of benzene rings is 7. The molecule has 7 aromatic carbocycles. The van der Waals surface area contributed by atoms with Crippen LogP contribution in [-0.2, 0) is 0 Å². The summed E-state index contributed by atoms with van der Waals surface area (Å²) in [6.45, 7) is 0. The minimum Gasteiger partial charge on any atom is -0.456 e. The SMILES string of the molecule is N#Cc1cccc(-c2ccccc2-c2nc(-c3ccc4c(c3)oc3cccc(-c5ccccc5)c34)nc(-c3cccc4sc5ccccc5c34)n2)c1. The van der Waals surface area contributed by atoms with E-state index in [9.17, 15) is 5.26 Å². The van der Waals surface area contributed by atoms with Crippen LogP contribution < -0.4 is 0 Å². The third-order valence-electron chi connectivity index (χ3n) is 9.59. The van der Waals surface area contributed by atoms with Gasteiger partial charge in [-0.2, -0.15) is 5.26 Å². The van der Waals surface area contributed by atoms with Gasteiger partial charge in [-0.25, -0.2) is 15.0 Å². The first-order valence-corrected chi connectivity index (χ1v) is 17.8. The van der Waals surface area contributed by atoms with Crippen molar-refractivity contribution in [2.75, 3.05) is 0 Å². The second-order valence-corrected chi connectivity index (χ2v) is 13.8. The summed E-state index contributed by atoms with van der Waals surface area (Å²) in [6, 6.07) is 55.6. The lowest BCUT2D eigenvalue weighted by Crippen LogP contribution is -2.01. The Morgan fingerprint density at radius 1 is 0.442 bits per heavy atom. The Morgan fingerprint density at radius 3 is 2.00 bits per heavy atom. The van der Waals surface area contributed by atoms with E-state index >= 15 is 0 Å². The average molecular weight is 683 g/mol. The van der Waals surface area contributed by atoms with Crippen LogP contribution in [0.3, 0.4) is 0 Å². The molecule has 0 bridgehead atoms. The number of fused-ring (bicyclic) bond motifs is 6. The Labute approximate surface area is 302 Å². The third kappa shape index (κ3) is 4.95. The van der Waals surface area contributed by atoms with E-state index < -0.39 is 0 Å². The van der Waals surface area contributed by atoms with E-state index in [0.717, 1.165) is 66.3 Å². The van der Waals surface area contributed by atoms with Crippen LogP contribution in [0.2, 0.25) is 0 Å². The van der Waals surface area contributed by atoms with Crippen LogP contribution in [0.25, 0.3) is 98.5 Å². The lowest BCUT2D eigenvalue weighted by atomic mass is 9.97. The van der Waals surface area contributed by atoms with Crippen LogP contribution in [0.1, 0.15) is 5.56 Å². The fourth-order valence-electron chi connectivity index (χ4n) is 7.22. The maximum Gasteiger partial charge on any atom is 0.164 e. The number of nitriles is 1. The molecule has 6 heteroatoms. The Morgan fingerprint density at radius 2 is 1.12 bits per heavy atom. The van der Waals surface area contributed by atoms with Crippen molar-refractivity contribution in [3.63, 3.8) is 0 Å². The molecule has 0 unspecified atom stereocenters. The van der Waals surface area contributed by atoms with Gasteiger partial charge < -0.3 is 4.42 Å². The summed E-state index contributed by atoms with van der Waals surface area (Å²) < 4.78 is 8.89. The largest absolute Gasteiger partial charge is 0.456 e. The normalized spacial score (nSPS) is 11.4. The van der Waals surface area contributed by atoms with Crippen molar-refractivity contribution in [1.82, 2.24) is 15.0 Å². The van der Waals surface area contributed by atoms with E-state index in [4.69, 9.17) is 19.4 Å². The highest BCUT2D eigenvalue weighted by Gasteiger charge is 2.20. The summed E-state index contributed by atoms with van der Waals surface area (Å²) >= 11 is 1.77. The molecule has 52 heavy (non-hydrogen) atoms. The molecule has 5 nitrogen and oxygen atoms in total. The number of nitrogens with zero attached hydrogens (tertiary/aromatic N) is 4. The molecule has 242 valence electrons. The Balaban J connectivity index is 1.21. The highest BCUT2D eigenvalue weighted by Crippen LogP contribution is 2.41. The first kappa shape index (κ1) is 29.9. The zero-order valence-corrected chi connectivity index (χ0v) is 28.4. The summed E-state index contributed by atoms with van der Waals surface area (Å²) in [5.74, 6) is 1.68. The molecule has 0 saturated heterocycles. The molecule has 0 amide bonds. The monoisotopic (exact) mass is 682 g/mol. The molecule has 0 spiro atoms. The van der Waals surface area contributed by atoms with E-state index in [1.807, 2.05) is 72.8 Å². The predicted octanol–water partition coefficient (Wildman–Crippen LogP) is 12.3. The molecule has 0 aliphatic carbocycles. The molecule has 0 fully saturated rings. The number of furan rings is 1. The smallest absolute Gasteiger partial charge is 0.164 e. The van der Waals surface area contributed by atoms with E-state index in [2.05, 4.69) is 91.0 Å². The molecule has 10 aromatic rings. The van der Waals surface area contributed by atoms with Gasteiger partial charge in [-0.3, -0.25) is 0 Å². The van der Waals surface area contributed by atoms with Crippen molar-refractivity contribution >= 4 is 53.4 Å². The first-order chi connectivity index (χ1) is 25.7. The molecule has 0 atom stereocenters. The van der Waals surface area contributed by atoms with Crippen molar-refractivity contribution in [1.29, 1.82) is 5.26 Å². The minimum absolute atomic E-state index is 0.544. The zero-order chi connectivity index (χ0) is 34.6. The first-order valence-electron chi connectivity index (χ1n) is 17.0. The summed E-state index contributed by atoms with van der Waals surface area (Å²) in [5, 5.41) is 14.1. The standard InChI is InChI=1S/C46H26N4OS/c47-27-28-11-8-14-30(25-28)32-15-4-5-16-34(32)45-48-44(49-46(50-45)37-19-10-22-41-43(37)36-17-6-7-21-40(36)52-41)31-23-24-35-39(26-31)51-38-20-9-18-33(42(35)38)29-12-2-1-3-13-29/h1-26H. The van der Waals surface area contributed by atoms with Gasteiger partial charge in [0, 0.05) is 47.6 Å². The molecule has 10 rings (SSSR count). The van der Waals surface area contributed by atoms with Gasteiger partial charge in [0.05, 0.1) is 11.6 Å². The van der Waals surface area contributed by atoms with Gasteiger partial charge in [-0.15, -0.1) is 11.3 Å². The molecule has 3 aromatic heterocycles. The number of thiophene rings is 1. The van der Waals surface area contributed by atoms with Crippen LogP contribution in [0.15, 0.2) is 162 Å². The van der Waals surface area contributed by atoms with Crippen molar-refractivity contribution in [3.8, 4) is 62.5 Å². The summed E-state index contributed by atoms with van der Waals surface area (Å²) in [7, 11) is 0. The zero-order valence-electron chi connectivity index (χ0n) is 27.6. The Bertz CT molecular complexity index is 3050. The van der Waals surface area contributed by atoms with E-state index in [1.54, 1.807) is 11.3 Å². The second kappa shape index (κ2) is 12.1. The molecule has 0 aliphatic rings. The summed E-state index contributed by atoms with van der Waals surface area (Å²) in [4.78, 5) is 15.5. The van der Waals surface area contributed by atoms with Crippen LogP contribution in [0.4, 0.5) is 0 Å². The Kier molecular flexibility index (Phi) is 6.98. The van der Waals surface area contributed by atoms with Gasteiger partial charge in [-0.05, 0) is 64.7 Å². The maximum absolute atomic E-state index is 9.67. The van der Waals surface area contributed by atoms with Gasteiger partial charge in [0.15, 0.2) is 17.5 Å². The number of hydrogen-bond acceptors (Lipinski definition) is 6. The topological polar surface area (TPSA) is 75.6 Å². The maximum atomic E-state index is 9.67. The quantitative estimate of drug-likeness (QED) is 0.181.